The lowest BCUT2D eigenvalue weighted by molar-refractivity contribution is -0.143. The number of likely N-dealkylation sites (tertiary alicyclic amines) is 1. The van der Waals surface area contributed by atoms with Crippen molar-refractivity contribution in [1.82, 2.24) is 4.90 Å². The summed E-state index contributed by atoms with van der Waals surface area (Å²) >= 11 is 6.36. The van der Waals surface area contributed by atoms with Gasteiger partial charge in [-0.2, -0.15) is 0 Å². The van der Waals surface area contributed by atoms with E-state index in [1.54, 1.807) is 26.2 Å². The smallest absolute Gasteiger partial charge is 0.336 e. The molecule has 2 heterocycles. The third-order valence-electron chi connectivity index (χ3n) is 5.99. The van der Waals surface area contributed by atoms with Crippen molar-refractivity contribution in [2.45, 2.75) is 38.9 Å². The second-order valence-electron chi connectivity index (χ2n) is 7.83. The Kier molecular flexibility index (Phi) is 5.10. The maximum Gasteiger partial charge on any atom is 0.336 e. The minimum atomic E-state index is -0.690. The number of halogens is 1. The van der Waals surface area contributed by atoms with Crippen molar-refractivity contribution in [2.24, 2.45) is 11.8 Å². The fraction of sp³-hybridized carbons (Fsp3) is 0.524. The molecule has 1 saturated carbocycles. The van der Waals surface area contributed by atoms with Crippen molar-refractivity contribution >= 4 is 28.5 Å². The molecule has 150 valence electrons. The number of aryl methyl sites for hydroxylation is 1. The van der Waals surface area contributed by atoms with Crippen molar-refractivity contribution in [3.05, 3.63) is 39.2 Å². The SMILES string of the molecule is COC1[C@@H]2CC[C@H]1CN(C(=O)C(C)Oc1cc3oc(=O)cc(C)c3cc1Cl)C2. The highest BCUT2D eigenvalue weighted by Gasteiger charge is 2.44. The van der Waals surface area contributed by atoms with Crippen LogP contribution in [0.25, 0.3) is 11.0 Å². The van der Waals surface area contributed by atoms with Crippen molar-refractivity contribution < 1.29 is 18.7 Å². The summed E-state index contributed by atoms with van der Waals surface area (Å²) in [5, 5.41) is 1.12. The van der Waals surface area contributed by atoms with Gasteiger partial charge in [0.25, 0.3) is 5.91 Å². The quantitative estimate of drug-likeness (QED) is 0.729. The molecule has 1 aromatic heterocycles. The van der Waals surface area contributed by atoms with Crippen molar-refractivity contribution in [3.8, 4) is 5.75 Å². The van der Waals surface area contributed by atoms with E-state index in [0.29, 0.717) is 41.3 Å². The Hall–Kier alpha value is -2.05. The second kappa shape index (κ2) is 7.41. The number of nitrogens with zero attached hydrogens (tertiary/aromatic N) is 1. The van der Waals surface area contributed by atoms with E-state index in [-0.39, 0.29) is 12.0 Å². The number of rotatable bonds is 4. The first-order chi connectivity index (χ1) is 13.4. The number of amides is 1. The van der Waals surface area contributed by atoms with E-state index < -0.39 is 11.7 Å². The lowest BCUT2D eigenvalue weighted by Gasteiger charge is -2.38. The van der Waals surface area contributed by atoms with Crippen LogP contribution in [0.5, 0.6) is 5.75 Å². The number of fused-ring (bicyclic) bond motifs is 3. The van der Waals surface area contributed by atoms with Gasteiger partial charge in [0.2, 0.25) is 0 Å². The Morgan fingerprint density at radius 2 is 1.93 bits per heavy atom. The van der Waals surface area contributed by atoms with E-state index in [0.717, 1.165) is 23.8 Å². The number of ether oxygens (including phenoxy) is 2. The summed E-state index contributed by atoms with van der Waals surface area (Å²) in [6, 6.07) is 4.70. The third kappa shape index (κ3) is 3.40. The number of methoxy groups -OCH3 is 1. The topological polar surface area (TPSA) is 69.0 Å². The lowest BCUT2D eigenvalue weighted by atomic mass is 9.94. The number of hydrogen-bond donors (Lipinski definition) is 0. The minimum absolute atomic E-state index is 0.0617. The summed E-state index contributed by atoms with van der Waals surface area (Å²) in [5.74, 6) is 1.05. The van der Waals surface area contributed by atoms with Crippen LogP contribution in [-0.4, -0.2) is 43.2 Å². The summed E-state index contributed by atoms with van der Waals surface area (Å²) in [6.07, 6.45) is 1.75. The van der Waals surface area contributed by atoms with Gasteiger partial charge in [-0.25, -0.2) is 4.79 Å². The molecule has 2 bridgehead atoms. The zero-order valence-electron chi connectivity index (χ0n) is 16.2. The summed E-state index contributed by atoms with van der Waals surface area (Å²) in [5.41, 5.74) is 0.738. The van der Waals surface area contributed by atoms with Gasteiger partial charge in [0.15, 0.2) is 6.10 Å². The van der Waals surface area contributed by atoms with E-state index in [1.807, 2.05) is 11.8 Å². The van der Waals surface area contributed by atoms with Gasteiger partial charge in [0, 0.05) is 49.6 Å². The highest BCUT2D eigenvalue weighted by atomic mass is 35.5. The lowest BCUT2D eigenvalue weighted by Crippen LogP contribution is -2.51. The van der Waals surface area contributed by atoms with Crippen LogP contribution in [0, 0.1) is 18.8 Å². The van der Waals surface area contributed by atoms with E-state index in [4.69, 9.17) is 25.5 Å². The van der Waals surface area contributed by atoms with E-state index >= 15 is 0 Å². The number of carbonyl (C=O) groups is 1. The van der Waals surface area contributed by atoms with E-state index in [2.05, 4.69) is 0 Å². The van der Waals surface area contributed by atoms with Crippen LogP contribution in [0.4, 0.5) is 0 Å². The van der Waals surface area contributed by atoms with Gasteiger partial charge in [-0.15, -0.1) is 0 Å². The first-order valence-corrected chi connectivity index (χ1v) is 9.97. The largest absolute Gasteiger partial charge is 0.479 e. The Balaban J connectivity index is 1.52. The van der Waals surface area contributed by atoms with Crippen molar-refractivity contribution in [1.29, 1.82) is 0 Å². The zero-order chi connectivity index (χ0) is 20.0. The molecule has 2 fully saturated rings. The predicted octanol–water partition coefficient (Wildman–Crippen LogP) is 3.41. The Morgan fingerprint density at radius 3 is 2.57 bits per heavy atom. The van der Waals surface area contributed by atoms with Gasteiger partial charge in [0.1, 0.15) is 11.3 Å². The fourth-order valence-corrected chi connectivity index (χ4v) is 4.85. The van der Waals surface area contributed by atoms with Crippen LogP contribution in [0.1, 0.15) is 25.3 Å². The third-order valence-corrected chi connectivity index (χ3v) is 6.28. The number of hydrogen-bond acceptors (Lipinski definition) is 5. The van der Waals surface area contributed by atoms with E-state index in [9.17, 15) is 9.59 Å². The molecule has 1 amide bonds. The van der Waals surface area contributed by atoms with Crippen LogP contribution >= 0.6 is 11.6 Å². The maximum atomic E-state index is 12.9. The van der Waals surface area contributed by atoms with Crippen LogP contribution in [0.2, 0.25) is 5.02 Å². The van der Waals surface area contributed by atoms with Gasteiger partial charge in [-0.1, -0.05) is 11.6 Å². The van der Waals surface area contributed by atoms with Gasteiger partial charge in [-0.05, 0) is 38.3 Å². The molecule has 1 aromatic carbocycles. The number of carbonyl (C=O) groups excluding carboxylic acids is 1. The van der Waals surface area contributed by atoms with Gasteiger partial charge in [0.05, 0.1) is 11.1 Å². The average Bonchev–Trinajstić information content (AvgIpc) is 2.90. The molecule has 4 rings (SSSR count). The predicted molar refractivity (Wildman–Crippen MR) is 106 cm³/mol. The van der Waals surface area contributed by atoms with Gasteiger partial charge < -0.3 is 18.8 Å². The fourth-order valence-electron chi connectivity index (χ4n) is 4.65. The molecular weight excluding hydrogens is 382 g/mol. The molecule has 0 N–H and O–H groups in total. The molecule has 4 atom stereocenters. The van der Waals surface area contributed by atoms with Crippen LogP contribution < -0.4 is 10.4 Å². The molecule has 28 heavy (non-hydrogen) atoms. The average molecular weight is 406 g/mol. The number of piperidine rings is 1. The van der Waals surface area contributed by atoms with Crippen molar-refractivity contribution in [2.75, 3.05) is 20.2 Å². The standard InChI is InChI=1S/C21H24ClNO5/c1-11-6-19(24)28-17-8-18(16(22)7-15(11)17)27-12(2)21(25)23-9-13-4-5-14(10-23)20(13)26-3/h6-8,12-14,20H,4-5,9-10H2,1-3H3/t12?,13-,14+,20?. The van der Waals surface area contributed by atoms with E-state index in [1.165, 1.54) is 6.07 Å². The zero-order valence-corrected chi connectivity index (χ0v) is 17.0. The molecule has 1 saturated heterocycles. The van der Waals surface area contributed by atoms with Crippen molar-refractivity contribution in [3.63, 3.8) is 0 Å². The summed E-state index contributed by atoms with van der Waals surface area (Å²) in [7, 11) is 1.75. The van der Waals surface area contributed by atoms with Gasteiger partial charge in [-0.3, -0.25) is 4.79 Å². The molecule has 2 aliphatic rings. The molecule has 2 aromatic rings. The van der Waals surface area contributed by atoms with Crippen LogP contribution in [0.15, 0.2) is 27.4 Å². The summed E-state index contributed by atoms with van der Waals surface area (Å²) in [4.78, 5) is 26.5. The Labute approximate surface area is 168 Å². The summed E-state index contributed by atoms with van der Waals surface area (Å²) in [6.45, 7) is 4.93. The second-order valence-corrected chi connectivity index (χ2v) is 8.24. The molecule has 0 spiro atoms. The molecule has 2 unspecified atom stereocenters. The maximum absolute atomic E-state index is 12.9. The molecule has 0 radical (unpaired) electrons. The van der Waals surface area contributed by atoms with Crippen LogP contribution in [0.3, 0.4) is 0 Å². The first kappa shape index (κ1) is 19.3. The highest BCUT2D eigenvalue weighted by Crippen LogP contribution is 2.39. The molecule has 1 aliphatic carbocycles. The molecule has 6 nitrogen and oxygen atoms in total. The monoisotopic (exact) mass is 405 g/mol. The van der Waals surface area contributed by atoms with Crippen LogP contribution in [-0.2, 0) is 9.53 Å². The first-order valence-electron chi connectivity index (χ1n) is 9.59. The van der Waals surface area contributed by atoms with Gasteiger partial charge >= 0.3 is 5.63 Å². The normalized spacial score (nSPS) is 25.1. The molecule has 1 aliphatic heterocycles. The molecule has 7 heteroatoms. The number of benzene rings is 1. The minimum Gasteiger partial charge on any atom is -0.479 e. The Morgan fingerprint density at radius 1 is 1.25 bits per heavy atom. The highest BCUT2D eigenvalue weighted by molar-refractivity contribution is 6.32. The Bertz CT molecular complexity index is 957. The summed E-state index contributed by atoms with van der Waals surface area (Å²) < 4.78 is 16.7. The molecular formula is C21H24ClNO5.